The van der Waals surface area contributed by atoms with Crippen LogP contribution in [0, 0.1) is 0 Å². The summed E-state index contributed by atoms with van der Waals surface area (Å²) >= 11 is 0. The van der Waals surface area contributed by atoms with Crippen molar-refractivity contribution in [2.24, 2.45) is 0 Å². The summed E-state index contributed by atoms with van der Waals surface area (Å²) in [7, 11) is 1.43. The minimum Gasteiger partial charge on any atom is -0.462 e. The molecule has 0 spiro atoms. The lowest BCUT2D eigenvalue weighted by molar-refractivity contribution is -0.870. The van der Waals surface area contributed by atoms with E-state index in [9.17, 15) is 19.0 Å². The molecule has 0 saturated carbocycles. The van der Waals surface area contributed by atoms with Crippen molar-refractivity contribution in [1.29, 1.82) is 0 Å². The molecule has 0 aliphatic heterocycles. The summed E-state index contributed by atoms with van der Waals surface area (Å²) in [5.41, 5.74) is 0. The zero-order valence-corrected chi connectivity index (χ0v) is 36.6. The van der Waals surface area contributed by atoms with Gasteiger partial charge in [0.2, 0.25) is 0 Å². The second-order valence-electron chi connectivity index (χ2n) is 16.2. The Morgan fingerprint density at radius 1 is 0.611 bits per heavy atom. The molecule has 0 heterocycles. The predicted octanol–water partition coefficient (Wildman–Crippen LogP) is 12.4. The van der Waals surface area contributed by atoms with E-state index in [-0.39, 0.29) is 19.6 Å². The topological polar surface area (TPSA) is 108 Å². The molecule has 0 rings (SSSR count). The number of allylic oxidation sites excluding steroid dienone is 3. The van der Waals surface area contributed by atoms with Gasteiger partial charge in [0.15, 0.2) is 6.10 Å². The minimum atomic E-state index is -4.39. The fraction of sp³-hybridized carbons (Fsp3) is 0.864. The van der Waals surface area contributed by atoms with Gasteiger partial charge in [-0.2, -0.15) is 0 Å². The van der Waals surface area contributed by atoms with Crippen LogP contribution in [-0.2, 0) is 32.7 Å². The van der Waals surface area contributed by atoms with Crippen LogP contribution in [0.3, 0.4) is 0 Å². The Bertz CT molecular complexity index is 980. The number of esters is 2. The molecule has 318 valence electrons. The van der Waals surface area contributed by atoms with Crippen LogP contribution in [0.2, 0.25) is 0 Å². The van der Waals surface area contributed by atoms with E-state index in [1.165, 1.54) is 147 Å². The standard InChI is InChI=1S/C44H84NO8P/c1-6-8-10-12-14-16-18-20-22-24-26-28-30-32-34-36-43(46)50-40-42(41-52-54(48,49)51-39-38-45(3,4)5)53-44(47)37-35-33-31-29-27-25-23-21-19-17-15-13-11-9-7-2/h31,33,35,37,42H,6-30,32,34,36,38-41H2,1-5H3/p+1/t42-/m1/s1. The Morgan fingerprint density at radius 3 is 1.52 bits per heavy atom. The number of nitrogens with zero attached hydrogens (tertiary/aromatic N) is 1. The van der Waals surface area contributed by atoms with E-state index in [0.29, 0.717) is 11.0 Å². The number of likely N-dealkylation sites (N-methyl/N-ethyl adjacent to an activating group) is 1. The third-order valence-corrected chi connectivity index (χ3v) is 10.6. The van der Waals surface area contributed by atoms with Gasteiger partial charge in [-0.1, -0.05) is 186 Å². The van der Waals surface area contributed by atoms with Gasteiger partial charge in [-0.15, -0.1) is 0 Å². The lowest BCUT2D eigenvalue weighted by Crippen LogP contribution is -2.37. The zero-order chi connectivity index (χ0) is 40.0. The second kappa shape index (κ2) is 37.1. The van der Waals surface area contributed by atoms with Gasteiger partial charge < -0.3 is 18.9 Å². The van der Waals surface area contributed by atoms with E-state index < -0.39 is 32.5 Å². The van der Waals surface area contributed by atoms with E-state index in [0.717, 1.165) is 32.1 Å². The molecule has 0 saturated heterocycles. The van der Waals surface area contributed by atoms with Crippen LogP contribution < -0.4 is 0 Å². The number of unbranched alkanes of at least 4 members (excludes halogenated alkanes) is 25. The fourth-order valence-electron chi connectivity index (χ4n) is 6.10. The monoisotopic (exact) mass is 787 g/mol. The van der Waals surface area contributed by atoms with E-state index >= 15 is 0 Å². The molecule has 0 aliphatic carbocycles. The van der Waals surface area contributed by atoms with E-state index in [1.807, 2.05) is 33.3 Å². The smallest absolute Gasteiger partial charge is 0.462 e. The molecule has 0 radical (unpaired) electrons. The van der Waals surface area contributed by atoms with Gasteiger partial charge in [-0.05, 0) is 19.3 Å². The van der Waals surface area contributed by atoms with E-state index in [4.69, 9.17) is 18.5 Å². The van der Waals surface area contributed by atoms with Gasteiger partial charge >= 0.3 is 19.8 Å². The molecule has 0 bridgehead atoms. The number of quaternary nitrogens is 1. The normalized spacial score (nSPS) is 13.8. The molecule has 0 fully saturated rings. The molecule has 1 unspecified atom stereocenters. The van der Waals surface area contributed by atoms with Crippen molar-refractivity contribution in [3.63, 3.8) is 0 Å². The highest BCUT2D eigenvalue weighted by Crippen LogP contribution is 2.43. The van der Waals surface area contributed by atoms with Gasteiger partial charge in [-0.25, -0.2) is 9.36 Å². The van der Waals surface area contributed by atoms with Crippen LogP contribution in [0.15, 0.2) is 24.3 Å². The quantitative estimate of drug-likeness (QED) is 0.0163. The lowest BCUT2D eigenvalue weighted by atomic mass is 10.0. The third kappa shape index (κ3) is 40.2. The van der Waals surface area contributed by atoms with Crippen molar-refractivity contribution in [3.05, 3.63) is 24.3 Å². The number of hydrogen-bond acceptors (Lipinski definition) is 7. The average molecular weight is 787 g/mol. The van der Waals surface area contributed by atoms with Crippen molar-refractivity contribution >= 4 is 19.8 Å². The van der Waals surface area contributed by atoms with Gasteiger partial charge in [0.05, 0.1) is 27.7 Å². The van der Waals surface area contributed by atoms with Crippen molar-refractivity contribution in [3.8, 4) is 0 Å². The summed E-state index contributed by atoms with van der Waals surface area (Å²) in [5.74, 6) is -1.04. The van der Waals surface area contributed by atoms with Crippen LogP contribution in [0.4, 0.5) is 0 Å². The summed E-state index contributed by atoms with van der Waals surface area (Å²) in [5, 5.41) is 0. The Kier molecular flexibility index (Phi) is 36.1. The Morgan fingerprint density at radius 2 is 1.06 bits per heavy atom. The highest BCUT2D eigenvalue weighted by atomic mass is 31.2. The summed E-state index contributed by atoms with van der Waals surface area (Å²) in [6.45, 7) is 4.31. The molecular weight excluding hydrogens is 701 g/mol. The minimum absolute atomic E-state index is 0.0181. The number of phosphoric ester groups is 1. The van der Waals surface area contributed by atoms with Gasteiger partial charge in [-0.3, -0.25) is 13.8 Å². The maximum absolute atomic E-state index is 12.6. The Hall–Kier alpha value is -1.51. The highest BCUT2D eigenvalue weighted by Gasteiger charge is 2.26. The molecule has 0 aromatic rings. The number of carbonyl (C=O) groups excluding carboxylic acids is 2. The summed E-state index contributed by atoms with van der Waals surface area (Å²) in [4.78, 5) is 35.2. The molecule has 1 N–H and O–H groups in total. The molecule has 9 nitrogen and oxygen atoms in total. The number of hydrogen-bond donors (Lipinski definition) is 1. The van der Waals surface area contributed by atoms with Gasteiger partial charge in [0, 0.05) is 12.5 Å². The SMILES string of the molecule is CCCCCCCCCCCCCC=CC=CC(=O)O[C@H](COC(=O)CCCCCCCCCCCCCCCCC)COP(=O)(O)OCC[N+](C)(C)C. The van der Waals surface area contributed by atoms with Crippen molar-refractivity contribution in [1.82, 2.24) is 0 Å². The van der Waals surface area contributed by atoms with Crippen LogP contribution in [0.5, 0.6) is 0 Å². The number of carbonyl (C=O) groups is 2. The highest BCUT2D eigenvalue weighted by molar-refractivity contribution is 7.47. The van der Waals surface area contributed by atoms with Crippen LogP contribution in [-0.4, -0.2) is 74.9 Å². The number of rotatable bonds is 40. The Labute approximate surface area is 332 Å². The van der Waals surface area contributed by atoms with Crippen molar-refractivity contribution in [2.75, 3.05) is 47.5 Å². The maximum Gasteiger partial charge on any atom is 0.472 e. The fourth-order valence-corrected chi connectivity index (χ4v) is 6.84. The zero-order valence-electron chi connectivity index (χ0n) is 35.7. The first kappa shape index (κ1) is 52.5. The Balaban J connectivity index is 4.44. The molecule has 0 amide bonds. The first-order valence-electron chi connectivity index (χ1n) is 22.1. The van der Waals surface area contributed by atoms with E-state index in [2.05, 4.69) is 13.8 Å². The number of ether oxygens (including phenoxy) is 2. The third-order valence-electron chi connectivity index (χ3n) is 9.59. The largest absolute Gasteiger partial charge is 0.472 e. The lowest BCUT2D eigenvalue weighted by Gasteiger charge is -2.24. The first-order valence-corrected chi connectivity index (χ1v) is 23.6. The van der Waals surface area contributed by atoms with Gasteiger partial charge in [0.1, 0.15) is 19.8 Å². The molecule has 10 heteroatoms. The average Bonchev–Trinajstić information content (AvgIpc) is 3.12. The summed E-state index contributed by atoms with van der Waals surface area (Å²) in [6, 6.07) is 0. The molecule has 0 aliphatic rings. The number of phosphoric acid groups is 1. The second-order valence-corrected chi connectivity index (χ2v) is 17.6. The molecule has 2 atom stereocenters. The summed E-state index contributed by atoms with van der Waals surface area (Å²) < 4.78 is 34.1. The molecule has 0 aromatic heterocycles. The molecule has 0 aromatic carbocycles. The van der Waals surface area contributed by atoms with Crippen molar-refractivity contribution < 1.29 is 42.1 Å². The van der Waals surface area contributed by atoms with E-state index in [1.54, 1.807) is 6.08 Å². The predicted molar refractivity (Wildman–Crippen MR) is 224 cm³/mol. The van der Waals surface area contributed by atoms with Crippen LogP contribution in [0.25, 0.3) is 0 Å². The van der Waals surface area contributed by atoms with Crippen LogP contribution in [0.1, 0.15) is 194 Å². The van der Waals surface area contributed by atoms with Gasteiger partial charge in [0.25, 0.3) is 0 Å². The summed E-state index contributed by atoms with van der Waals surface area (Å²) in [6.07, 6.45) is 40.0. The molecular formula is C44H85NO8P+. The van der Waals surface area contributed by atoms with Crippen LogP contribution >= 0.6 is 7.82 Å². The van der Waals surface area contributed by atoms with Crippen molar-refractivity contribution in [2.45, 2.75) is 200 Å². The molecule has 54 heavy (non-hydrogen) atoms. The first-order chi connectivity index (χ1) is 26.0. The maximum atomic E-state index is 12.6.